The molecule has 1 rings (SSSR count). The number of hydrogen-bond acceptors (Lipinski definition) is 2. The number of nitrogens with one attached hydrogen (secondary N) is 1. The van der Waals surface area contributed by atoms with Crippen LogP contribution in [-0.4, -0.2) is 16.5 Å². The number of rotatable bonds is 2. The van der Waals surface area contributed by atoms with Gasteiger partial charge in [-0.05, 0) is 42.8 Å². The third kappa shape index (κ3) is 3.83. The van der Waals surface area contributed by atoms with Crippen LogP contribution >= 0.6 is 0 Å². The quantitative estimate of drug-likeness (QED) is 0.742. The first-order chi connectivity index (χ1) is 5.47. The molecule has 2 nitrogen and oxygen atoms in total. The van der Waals surface area contributed by atoms with Gasteiger partial charge in [-0.2, -0.15) is 0 Å². The molecule has 4 heteroatoms. The maximum absolute atomic E-state index is 11.2. The second kappa shape index (κ2) is 4.03. The average molecular weight is 207 g/mol. The van der Waals surface area contributed by atoms with Gasteiger partial charge >= 0.3 is 0 Å². The summed E-state index contributed by atoms with van der Waals surface area (Å²) in [5.41, 5.74) is 0. The fourth-order valence-electron chi connectivity index (χ4n) is 1.68. The van der Waals surface area contributed by atoms with Crippen molar-refractivity contribution in [1.29, 1.82) is 0 Å². The van der Waals surface area contributed by atoms with E-state index < -0.39 is 8.68 Å². The van der Waals surface area contributed by atoms with Crippen molar-refractivity contribution in [2.45, 2.75) is 38.6 Å². The van der Waals surface area contributed by atoms with Gasteiger partial charge in [0.2, 0.25) is 0 Å². The van der Waals surface area contributed by atoms with E-state index in [0.717, 1.165) is 18.8 Å². The second-order valence-corrected chi connectivity index (χ2v) is 7.54. The van der Waals surface area contributed by atoms with Crippen LogP contribution in [0.15, 0.2) is 0 Å². The Kier molecular flexibility index (Phi) is 3.49. The zero-order chi connectivity index (χ0) is 9.19. The van der Waals surface area contributed by atoms with Crippen LogP contribution in [0.2, 0.25) is 0 Å². The Morgan fingerprint density at radius 2 is 1.83 bits per heavy atom. The Morgan fingerprint density at radius 3 is 2.25 bits per heavy atom. The minimum atomic E-state index is -2.16. The molecule has 1 saturated carbocycles. The van der Waals surface area contributed by atoms with E-state index in [1.54, 1.807) is 6.26 Å². The monoisotopic (exact) mass is 207 g/mol. The molecule has 1 unspecified atom stereocenters. The van der Waals surface area contributed by atoms with Crippen molar-refractivity contribution in [2.75, 3.05) is 6.26 Å². The fourth-order valence-corrected chi connectivity index (χ4v) is 2.93. The Bertz CT molecular complexity index is 227. The molecular formula is C8H17NOS2. The van der Waals surface area contributed by atoms with Crippen LogP contribution in [0.4, 0.5) is 0 Å². The molecule has 12 heavy (non-hydrogen) atoms. The normalized spacial score (nSPS) is 35.8. The molecule has 72 valence electrons. The standard InChI is InChI=1S/C8H17NOS2/c1-7-3-5-8(6-4-7)9-12(2,10)11/h7-9H,3-6H2,1-2H3. The lowest BCUT2D eigenvalue weighted by atomic mass is 9.88. The Morgan fingerprint density at radius 1 is 1.33 bits per heavy atom. The SMILES string of the molecule is CC1CCC(NS(C)(=O)=S)CC1. The highest BCUT2D eigenvalue weighted by Crippen LogP contribution is 2.23. The molecule has 0 bridgehead atoms. The van der Waals surface area contributed by atoms with E-state index in [1.165, 1.54) is 12.8 Å². The maximum atomic E-state index is 11.2. The molecule has 0 saturated heterocycles. The predicted octanol–water partition coefficient (Wildman–Crippen LogP) is 1.45. The van der Waals surface area contributed by atoms with E-state index in [9.17, 15) is 4.21 Å². The molecule has 0 aromatic rings. The lowest BCUT2D eigenvalue weighted by molar-refractivity contribution is 0.335. The minimum absolute atomic E-state index is 0.399. The summed E-state index contributed by atoms with van der Waals surface area (Å²) in [6, 6.07) is 0.399. The van der Waals surface area contributed by atoms with Crippen molar-refractivity contribution < 1.29 is 4.21 Å². The van der Waals surface area contributed by atoms with Gasteiger partial charge in [0.15, 0.2) is 0 Å². The van der Waals surface area contributed by atoms with E-state index in [4.69, 9.17) is 11.2 Å². The van der Waals surface area contributed by atoms with Crippen molar-refractivity contribution in [3.8, 4) is 0 Å². The lowest BCUT2D eigenvalue weighted by Gasteiger charge is -2.26. The van der Waals surface area contributed by atoms with Gasteiger partial charge in [-0.3, -0.25) is 0 Å². The molecule has 0 spiro atoms. The zero-order valence-electron chi connectivity index (χ0n) is 7.71. The van der Waals surface area contributed by atoms with Crippen LogP contribution in [0.3, 0.4) is 0 Å². The Balaban J connectivity index is 2.36. The molecule has 0 heterocycles. The third-order valence-electron chi connectivity index (χ3n) is 2.40. The molecule has 1 fully saturated rings. The maximum Gasteiger partial charge on any atom is 0.0870 e. The molecule has 0 amide bonds. The van der Waals surface area contributed by atoms with Crippen LogP contribution < -0.4 is 4.72 Å². The van der Waals surface area contributed by atoms with Crippen molar-refractivity contribution in [1.82, 2.24) is 4.72 Å². The minimum Gasteiger partial charge on any atom is -0.242 e. The largest absolute Gasteiger partial charge is 0.242 e. The van der Waals surface area contributed by atoms with Crippen LogP contribution in [0, 0.1) is 5.92 Å². The molecule has 1 N–H and O–H groups in total. The van der Waals surface area contributed by atoms with Crippen molar-refractivity contribution in [3.63, 3.8) is 0 Å². The molecule has 0 aromatic carbocycles. The molecule has 0 aromatic heterocycles. The van der Waals surface area contributed by atoms with Crippen LogP contribution in [0.1, 0.15) is 32.6 Å². The van der Waals surface area contributed by atoms with E-state index >= 15 is 0 Å². The smallest absolute Gasteiger partial charge is 0.0870 e. The Hall–Kier alpha value is 0.330. The summed E-state index contributed by atoms with van der Waals surface area (Å²) in [5, 5.41) is 0. The van der Waals surface area contributed by atoms with Crippen LogP contribution in [0.25, 0.3) is 0 Å². The molecular weight excluding hydrogens is 190 g/mol. The fraction of sp³-hybridized carbons (Fsp3) is 1.00. The van der Waals surface area contributed by atoms with Crippen LogP contribution in [-0.2, 0) is 19.9 Å². The summed E-state index contributed by atoms with van der Waals surface area (Å²) in [4.78, 5) is 0. The number of hydrogen-bond donors (Lipinski definition) is 1. The molecule has 1 aliphatic carbocycles. The summed E-state index contributed by atoms with van der Waals surface area (Å²) >= 11 is 4.81. The highest BCUT2D eigenvalue weighted by atomic mass is 32.8. The van der Waals surface area contributed by atoms with Crippen molar-refractivity contribution in [3.05, 3.63) is 0 Å². The van der Waals surface area contributed by atoms with Gasteiger partial charge in [-0.1, -0.05) is 6.92 Å². The molecule has 1 aliphatic rings. The Labute approximate surface area is 79.9 Å². The first kappa shape index (κ1) is 10.4. The van der Waals surface area contributed by atoms with E-state index in [0.29, 0.717) is 6.04 Å². The molecule has 0 radical (unpaired) electrons. The second-order valence-electron chi connectivity index (χ2n) is 3.85. The third-order valence-corrected chi connectivity index (χ3v) is 3.45. The van der Waals surface area contributed by atoms with E-state index in [2.05, 4.69) is 11.6 Å². The topological polar surface area (TPSA) is 29.1 Å². The van der Waals surface area contributed by atoms with Gasteiger partial charge in [0.05, 0.1) is 8.68 Å². The summed E-state index contributed by atoms with van der Waals surface area (Å²) in [6.45, 7) is 2.27. The van der Waals surface area contributed by atoms with Gasteiger partial charge in [-0.15, -0.1) is 0 Å². The first-order valence-corrected chi connectivity index (χ1v) is 7.34. The van der Waals surface area contributed by atoms with Gasteiger partial charge in [0, 0.05) is 12.3 Å². The van der Waals surface area contributed by atoms with Gasteiger partial charge in [0.1, 0.15) is 0 Å². The van der Waals surface area contributed by atoms with Crippen LogP contribution in [0.5, 0.6) is 0 Å². The van der Waals surface area contributed by atoms with E-state index in [1.807, 2.05) is 0 Å². The van der Waals surface area contributed by atoms with Crippen molar-refractivity contribution >= 4 is 19.9 Å². The predicted molar refractivity (Wildman–Crippen MR) is 56.0 cm³/mol. The highest BCUT2D eigenvalue weighted by Gasteiger charge is 2.19. The van der Waals surface area contributed by atoms with Gasteiger partial charge < -0.3 is 0 Å². The molecule has 0 aliphatic heterocycles. The highest BCUT2D eigenvalue weighted by molar-refractivity contribution is 8.31. The average Bonchev–Trinajstić information content (AvgIpc) is 1.91. The summed E-state index contributed by atoms with van der Waals surface area (Å²) in [6.07, 6.45) is 6.33. The van der Waals surface area contributed by atoms with Gasteiger partial charge in [0.25, 0.3) is 0 Å². The van der Waals surface area contributed by atoms with Gasteiger partial charge in [-0.25, -0.2) is 8.93 Å². The molecule has 1 atom stereocenters. The zero-order valence-corrected chi connectivity index (χ0v) is 9.34. The van der Waals surface area contributed by atoms with Crippen molar-refractivity contribution in [2.24, 2.45) is 5.92 Å². The lowest BCUT2D eigenvalue weighted by Crippen LogP contribution is -2.36. The first-order valence-electron chi connectivity index (χ1n) is 4.44. The summed E-state index contributed by atoms with van der Waals surface area (Å²) < 4.78 is 14.3. The van der Waals surface area contributed by atoms with E-state index in [-0.39, 0.29) is 0 Å². The summed E-state index contributed by atoms with van der Waals surface area (Å²) in [7, 11) is -2.16. The summed E-state index contributed by atoms with van der Waals surface area (Å²) in [5.74, 6) is 0.834.